The maximum absolute atomic E-state index is 13.0. The highest BCUT2D eigenvalue weighted by atomic mass is 32.2. The Balaban J connectivity index is 1.59. The van der Waals surface area contributed by atoms with Crippen LogP contribution in [-0.4, -0.2) is 37.8 Å². The third-order valence-corrected chi connectivity index (χ3v) is 6.89. The fraction of sp³-hybridized carbons (Fsp3) is 0.381. The van der Waals surface area contributed by atoms with E-state index in [9.17, 15) is 13.2 Å². The van der Waals surface area contributed by atoms with Crippen LogP contribution in [0.25, 0.3) is 0 Å². The fourth-order valence-corrected chi connectivity index (χ4v) is 5.21. The lowest BCUT2D eigenvalue weighted by Gasteiger charge is -2.34. The van der Waals surface area contributed by atoms with E-state index in [0.717, 1.165) is 25.7 Å². The van der Waals surface area contributed by atoms with Gasteiger partial charge in [-0.1, -0.05) is 55.0 Å². The third-order valence-electron chi connectivity index (χ3n) is 4.92. The normalized spacial score (nSPS) is 18.1. The molecule has 1 saturated heterocycles. The van der Waals surface area contributed by atoms with Gasteiger partial charge in [0.15, 0.2) is 0 Å². The van der Waals surface area contributed by atoms with Crippen molar-refractivity contribution in [1.29, 1.82) is 0 Å². The van der Waals surface area contributed by atoms with Crippen LogP contribution in [0.15, 0.2) is 65.6 Å². The van der Waals surface area contributed by atoms with Crippen LogP contribution in [0.4, 0.5) is 0 Å². The summed E-state index contributed by atoms with van der Waals surface area (Å²) in [6, 6.07) is 18.2. The summed E-state index contributed by atoms with van der Waals surface area (Å²) in [7, 11) is -3.57. The van der Waals surface area contributed by atoms with Crippen LogP contribution in [0.3, 0.4) is 0 Å². The molecule has 6 heteroatoms. The molecule has 2 aromatic rings. The number of rotatable bonds is 7. The van der Waals surface area contributed by atoms with Crippen LogP contribution in [0.1, 0.15) is 31.2 Å². The fourth-order valence-electron chi connectivity index (χ4n) is 3.50. The van der Waals surface area contributed by atoms with Crippen molar-refractivity contribution >= 4 is 15.9 Å². The van der Waals surface area contributed by atoms with Crippen LogP contribution in [0.2, 0.25) is 0 Å². The Hall–Kier alpha value is -2.18. The van der Waals surface area contributed by atoms with Crippen molar-refractivity contribution in [2.45, 2.75) is 43.0 Å². The Morgan fingerprint density at radius 1 is 1.00 bits per heavy atom. The number of hydrogen-bond acceptors (Lipinski definition) is 3. The number of hydrogen-bond donors (Lipinski definition) is 1. The van der Waals surface area contributed by atoms with E-state index in [0.29, 0.717) is 18.0 Å². The van der Waals surface area contributed by atoms with Crippen molar-refractivity contribution in [3.63, 3.8) is 0 Å². The molecule has 3 rings (SSSR count). The topological polar surface area (TPSA) is 66.5 Å². The minimum Gasteiger partial charge on any atom is -0.356 e. The number of carbonyl (C=O) groups excluding carboxylic acids is 1. The van der Waals surface area contributed by atoms with Crippen molar-refractivity contribution in [2.24, 2.45) is 0 Å². The average molecular weight is 387 g/mol. The van der Waals surface area contributed by atoms with Gasteiger partial charge in [-0.05, 0) is 37.0 Å². The number of sulfonamides is 1. The Morgan fingerprint density at radius 3 is 2.37 bits per heavy atom. The van der Waals surface area contributed by atoms with Crippen LogP contribution in [0.5, 0.6) is 0 Å². The van der Waals surface area contributed by atoms with E-state index >= 15 is 0 Å². The van der Waals surface area contributed by atoms with Gasteiger partial charge in [0.2, 0.25) is 15.9 Å². The van der Waals surface area contributed by atoms with Gasteiger partial charge in [0, 0.05) is 25.6 Å². The summed E-state index contributed by atoms with van der Waals surface area (Å²) in [6.45, 7) is 1.03. The molecule has 27 heavy (non-hydrogen) atoms. The van der Waals surface area contributed by atoms with Gasteiger partial charge in [-0.15, -0.1) is 0 Å². The van der Waals surface area contributed by atoms with Gasteiger partial charge in [-0.25, -0.2) is 8.42 Å². The van der Waals surface area contributed by atoms with E-state index in [1.807, 2.05) is 30.3 Å². The molecule has 0 spiro atoms. The molecule has 2 aromatic carbocycles. The summed E-state index contributed by atoms with van der Waals surface area (Å²) in [5, 5.41) is 2.93. The Kier molecular flexibility index (Phi) is 6.63. The lowest BCUT2D eigenvalue weighted by Crippen LogP contribution is -2.46. The van der Waals surface area contributed by atoms with Crippen LogP contribution in [-0.2, 0) is 21.2 Å². The highest BCUT2D eigenvalue weighted by Gasteiger charge is 2.34. The van der Waals surface area contributed by atoms with E-state index in [1.54, 1.807) is 30.3 Å². The zero-order valence-corrected chi connectivity index (χ0v) is 16.2. The number of nitrogens with zero attached hydrogens (tertiary/aromatic N) is 1. The monoisotopic (exact) mass is 386 g/mol. The van der Waals surface area contributed by atoms with Gasteiger partial charge in [-0.3, -0.25) is 4.79 Å². The van der Waals surface area contributed by atoms with Crippen LogP contribution >= 0.6 is 0 Å². The molecule has 1 aliphatic heterocycles. The maximum atomic E-state index is 13.0. The first-order chi connectivity index (χ1) is 13.1. The molecule has 1 aliphatic rings. The van der Waals surface area contributed by atoms with Gasteiger partial charge >= 0.3 is 0 Å². The van der Waals surface area contributed by atoms with Gasteiger partial charge < -0.3 is 5.32 Å². The highest BCUT2D eigenvalue weighted by Crippen LogP contribution is 2.27. The second-order valence-electron chi connectivity index (χ2n) is 6.87. The predicted molar refractivity (Wildman–Crippen MR) is 106 cm³/mol. The molecule has 1 atom stereocenters. The van der Waals surface area contributed by atoms with Crippen molar-refractivity contribution in [2.75, 3.05) is 13.1 Å². The molecule has 1 N–H and O–H groups in total. The molecular weight excluding hydrogens is 360 g/mol. The smallest absolute Gasteiger partial charge is 0.243 e. The summed E-state index contributed by atoms with van der Waals surface area (Å²) in [6.07, 6.45) is 3.48. The molecule has 0 aromatic heterocycles. The first-order valence-electron chi connectivity index (χ1n) is 9.45. The Morgan fingerprint density at radius 2 is 1.67 bits per heavy atom. The van der Waals surface area contributed by atoms with Crippen molar-refractivity contribution in [3.8, 4) is 0 Å². The standard InChI is InChI=1S/C21H26N2O3S/c24-21(22-15-14-18-9-3-1-4-10-18)17-19-11-7-8-16-23(19)27(25,26)20-12-5-2-6-13-20/h1-6,9-10,12-13,19H,7-8,11,14-17H2,(H,22,24)/t19-/m0/s1. The number of piperidine rings is 1. The first-order valence-corrected chi connectivity index (χ1v) is 10.9. The molecule has 1 amide bonds. The second-order valence-corrected chi connectivity index (χ2v) is 8.76. The summed E-state index contributed by atoms with van der Waals surface area (Å²) in [4.78, 5) is 12.7. The third kappa shape index (κ3) is 5.17. The van der Waals surface area contributed by atoms with Gasteiger partial charge in [0.25, 0.3) is 0 Å². The Bertz CT molecular complexity index is 838. The molecule has 1 fully saturated rings. The van der Waals surface area contributed by atoms with Crippen molar-refractivity contribution in [3.05, 3.63) is 66.2 Å². The second kappa shape index (κ2) is 9.15. The number of nitrogens with one attached hydrogen (secondary N) is 1. The quantitative estimate of drug-likeness (QED) is 0.796. The zero-order chi connectivity index (χ0) is 19.1. The molecule has 0 radical (unpaired) electrons. The van der Waals surface area contributed by atoms with Gasteiger partial charge in [0.05, 0.1) is 4.90 Å². The maximum Gasteiger partial charge on any atom is 0.243 e. The molecule has 1 heterocycles. The largest absolute Gasteiger partial charge is 0.356 e. The lowest BCUT2D eigenvalue weighted by atomic mass is 10.0. The number of amides is 1. The molecule has 0 saturated carbocycles. The van der Waals surface area contributed by atoms with Crippen molar-refractivity contribution < 1.29 is 13.2 Å². The summed E-state index contributed by atoms with van der Waals surface area (Å²) in [5.74, 6) is -0.0916. The molecular formula is C21H26N2O3S. The molecule has 5 nitrogen and oxygen atoms in total. The van der Waals surface area contributed by atoms with E-state index < -0.39 is 10.0 Å². The molecule has 144 valence electrons. The molecule has 0 unspecified atom stereocenters. The lowest BCUT2D eigenvalue weighted by molar-refractivity contribution is -0.122. The minimum atomic E-state index is -3.57. The van der Waals surface area contributed by atoms with Gasteiger partial charge in [0.1, 0.15) is 0 Å². The Labute approximate surface area is 161 Å². The summed E-state index contributed by atoms with van der Waals surface area (Å²) in [5.41, 5.74) is 1.17. The summed E-state index contributed by atoms with van der Waals surface area (Å²) >= 11 is 0. The predicted octanol–water partition coefficient (Wildman–Crippen LogP) is 2.98. The minimum absolute atomic E-state index is 0.0916. The molecule has 0 aliphatic carbocycles. The van der Waals surface area contributed by atoms with E-state index in [1.165, 1.54) is 9.87 Å². The average Bonchev–Trinajstić information content (AvgIpc) is 2.70. The van der Waals surface area contributed by atoms with Crippen LogP contribution < -0.4 is 5.32 Å². The SMILES string of the molecule is O=C(C[C@@H]1CCCCN1S(=O)(=O)c1ccccc1)NCCc1ccccc1. The van der Waals surface area contributed by atoms with E-state index in [4.69, 9.17) is 0 Å². The zero-order valence-electron chi connectivity index (χ0n) is 15.4. The highest BCUT2D eigenvalue weighted by molar-refractivity contribution is 7.89. The van der Waals surface area contributed by atoms with Crippen LogP contribution in [0, 0.1) is 0 Å². The van der Waals surface area contributed by atoms with Gasteiger partial charge in [-0.2, -0.15) is 4.31 Å². The first kappa shape index (κ1) is 19.6. The van der Waals surface area contributed by atoms with Crippen molar-refractivity contribution in [1.82, 2.24) is 9.62 Å². The van der Waals surface area contributed by atoms with E-state index in [2.05, 4.69) is 5.32 Å². The van der Waals surface area contributed by atoms with E-state index in [-0.39, 0.29) is 18.4 Å². The molecule has 0 bridgehead atoms. The number of benzene rings is 2. The summed E-state index contributed by atoms with van der Waals surface area (Å²) < 4.78 is 27.5. The number of carbonyl (C=O) groups is 1.